The minimum Gasteiger partial charge on any atom is -0.303 e. The summed E-state index contributed by atoms with van der Waals surface area (Å²) in [5, 5.41) is 0. The summed E-state index contributed by atoms with van der Waals surface area (Å²) >= 11 is 0. The predicted octanol–water partition coefficient (Wildman–Crippen LogP) is 5.69. The molecule has 0 N–H and O–H groups in total. The third-order valence-corrected chi connectivity index (χ3v) is 5.99. The van der Waals surface area contributed by atoms with E-state index in [-0.39, 0.29) is 0 Å². The van der Waals surface area contributed by atoms with Crippen molar-refractivity contribution in [3.8, 4) is 0 Å². The number of nitrogens with zero attached hydrogens (tertiary/aromatic N) is 1. The molecule has 2 aliphatic rings. The highest BCUT2D eigenvalue weighted by atomic mass is 15.1. The molecule has 1 heterocycles. The van der Waals surface area contributed by atoms with E-state index in [1.165, 1.54) is 69.3 Å². The number of hydrogen-bond acceptors (Lipinski definition) is 1. The summed E-state index contributed by atoms with van der Waals surface area (Å²) in [6, 6.07) is 9.35. The van der Waals surface area contributed by atoms with E-state index in [1.807, 2.05) is 0 Å². The molecule has 1 aromatic rings. The highest BCUT2D eigenvalue weighted by molar-refractivity contribution is 5.71. The van der Waals surface area contributed by atoms with Gasteiger partial charge < -0.3 is 4.90 Å². The van der Waals surface area contributed by atoms with Crippen molar-refractivity contribution in [1.29, 1.82) is 0 Å². The minimum atomic E-state index is 0.796. The van der Waals surface area contributed by atoms with E-state index in [0.29, 0.717) is 0 Å². The van der Waals surface area contributed by atoms with E-state index in [9.17, 15) is 0 Å². The van der Waals surface area contributed by atoms with Gasteiger partial charge in [-0.3, -0.25) is 0 Å². The molecule has 1 aromatic carbocycles. The van der Waals surface area contributed by atoms with Gasteiger partial charge in [0, 0.05) is 13.1 Å². The van der Waals surface area contributed by atoms with Crippen LogP contribution in [-0.4, -0.2) is 24.5 Å². The highest BCUT2D eigenvalue weighted by Gasteiger charge is 2.26. The molecule has 1 aliphatic heterocycles. The normalized spacial score (nSPS) is 26.3. The van der Waals surface area contributed by atoms with Crippen molar-refractivity contribution in [2.24, 2.45) is 11.8 Å². The van der Waals surface area contributed by atoms with Crippen LogP contribution in [0, 0.1) is 18.8 Å². The summed E-state index contributed by atoms with van der Waals surface area (Å²) in [5.41, 5.74) is 6.37. The first-order valence-electron chi connectivity index (χ1n) is 9.68. The molecule has 0 amide bonds. The van der Waals surface area contributed by atoms with Gasteiger partial charge in [-0.25, -0.2) is 0 Å². The van der Waals surface area contributed by atoms with Crippen molar-refractivity contribution in [3.63, 3.8) is 0 Å². The lowest BCUT2D eigenvalue weighted by atomic mass is 9.74. The van der Waals surface area contributed by atoms with E-state index in [1.54, 1.807) is 11.1 Å². The summed E-state index contributed by atoms with van der Waals surface area (Å²) in [5.74, 6) is 1.69. The Kier molecular flexibility index (Phi) is 5.58. The van der Waals surface area contributed by atoms with Crippen LogP contribution in [0.25, 0.3) is 5.57 Å². The Morgan fingerprint density at radius 1 is 1.09 bits per heavy atom. The second-order valence-corrected chi connectivity index (χ2v) is 7.79. The molecule has 3 rings (SSSR count). The molecule has 23 heavy (non-hydrogen) atoms. The lowest BCUT2D eigenvalue weighted by molar-refractivity contribution is 0.268. The molecule has 1 aliphatic carbocycles. The van der Waals surface area contributed by atoms with Crippen molar-refractivity contribution in [3.05, 3.63) is 41.0 Å². The van der Waals surface area contributed by atoms with Gasteiger partial charge >= 0.3 is 0 Å². The SMILES string of the molecule is CCN1CCC(=C(c2ccc(C)cc2)C2CCCC(C)C2)CC1. The average molecular weight is 312 g/mol. The summed E-state index contributed by atoms with van der Waals surface area (Å²) in [6.45, 7) is 10.6. The zero-order valence-electron chi connectivity index (χ0n) is 15.3. The molecule has 0 bridgehead atoms. The van der Waals surface area contributed by atoms with Gasteiger partial charge in [-0.15, -0.1) is 0 Å². The molecular formula is C22H33N. The van der Waals surface area contributed by atoms with Crippen LogP contribution in [0.4, 0.5) is 0 Å². The van der Waals surface area contributed by atoms with Crippen molar-refractivity contribution in [2.75, 3.05) is 19.6 Å². The van der Waals surface area contributed by atoms with Crippen molar-refractivity contribution in [2.45, 2.75) is 59.3 Å². The van der Waals surface area contributed by atoms with Crippen molar-refractivity contribution >= 4 is 5.57 Å². The maximum atomic E-state index is 2.60. The lowest BCUT2D eigenvalue weighted by Gasteiger charge is -2.34. The van der Waals surface area contributed by atoms with Gasteiger partial charge in [0.25, 0.3) is 0 Å². The molecule has 0 aromatic heterocycles. The Bertz CT molecular complexity index is 530. The standard InChI is InChI=1S/C22H33N/c1-4-23-14-12-20(13-15-23)22(19-10-8-17(2)9-11-19)21-7-5-6-18(3)16-21/h8-11,18,21H,4-7,12-16H2,1-3H3. The first-order valence-corrected chi connectivity index (χ1v) is 9.68. The Balaban J connectivity index is 1.91. The van der Waals surface area contributed by atoms with Crippen LogP contribution in [0.3, 0.4) is 0 Å². The summed E-state index contributed by atoms with van der Waals surface area (Å²) in [6.07, 6.45) is 8.19. The van der Waals surface area contributed by atoms with Gasteiger partial charge in [0.15, 0.2) is 0 Å². The Morgan fingerprint density at radius 2 is 1.78 bits per heavy atom. The quantitative estimate of drug-likeness (QED) is 0.693. The zero-order valence-corrected chi connectivity index (χ0v) is 15.3. The lowest BCUT2D eigenvalue weighted by Crippen LogP contribution is -2.31. The fourth-order valence-electron chi connectivity index (χ4n) is 4.57. The first kappa shape index (κ1) is 16.8. The number of benzene rings is 1. The van der Waals surface area contributed by atoms with E-state index in [2.05, 4.69) is 49.9 Å². The minimum absolute atomic E-state index is 0.796. The van der Waals surface area contributed by atoms with E-state index in [4.69, 9.17) is 0 Å². The Hall–Kier alpha value is -1.08. The molecule has 1 saturated heterocycles. The third kappa shape index (κ3) is 4.07. The van der Waals surface area contributed by atoms with E-state index >= 15 is 0 Å². The second kappa shape index (κ2) is 7.66. The van der Waals surface area contributed by atoms with Gasteiger partial charge in [0.05, 0.1) is 0 Å². The maximum Gasteiger partial charge on any atom is 0.00188 e. The number of piperidine rings is 1. The molecule has 2 fully saturated rings. The summed E-state index contributed by atoms with van der Waals surface area (Å²) < 4.78 is 0. The van der Waals surface area contributed by atoms with Crippen LogP contribution < -0.4 is 0 Å². The zero-order chi connectivity index (χ0) is 16.2. The van der Waals surface area contributed by atoms with Crippen LogP contribution in [0.5, 0.6) is 0 Å². The monoisotopic (exact) mass is 311 g/mol. The third-order valence-electron chi connectivity index (χ3n) is 5.99. The summed E-state index contributed by atoms with van der Waals surface area (Å²) in [4.78, 5) is 2.60. The van der Waals surface area contributed by atoms with Gasteiger partial charge in [-0.05, 0) is 62.1 Å². The summed E-state index contributed by atoms with van der Waals surface area (Å²) in [7, 11) is 0. The van der Waals surface area contributed by atoms with Crippen molar-refractivity contribution in [1.82, 2.24) is 4.90 Å². The van der Waals surface area contributed by atoms with Gasteiger partial charge in [-0.2, -0.15) is 0 Å². The largest absolute Gasteiger partial charge is 0.303 e. The van der Waals surface area contributed by atoms with Gasteiger partial charge in [0.2, 0.25) is 0 Å². The first-order chi connectivity index (χ1) is 11.2. The molecule has 1 heteroatoms. The van der Waals surface area contributed by atoms with Crippen LogP contribution in [0.1, 0.15) is 63.5 Å². The smallest absolute Gasteiger partial charge is 0.00188 e. The molecule has 1 nitrogen and oxygen atoms in total. The topological polar surface area (TPSA) is 3.24 Å². The van der Waals surface area contributed by atoms with Gasteiger partial charge in [-0.1, -0.05) is 62.1 Å². The van der Waals surface area contributed by atoms with Crippen LogP contribution in [-0.2, 0) is 0 Å². The fraction of sp³-hybridized carbons (Fsp3) is 0.636. The van der Waals surface area contributed by atoms with Crippen LogP contribution >= 0.6 is 0 Å². The molecule has 2 unspecified atom stereocenters. The Labute approximate surface area is 142 Å². The average Bonchev–Trinajstić information content (AvgIpc) is 2.58. The van der Waals surface area contributed by atoms with Crippen molar-refractivity contribution < 1.29 is 0 Å². The number of aryl methyl sites for hydroxylation is 1. The molecule has 126 valence electrons. The predicted molar refractivity (Wildman–Crippen MR) is 101 cm³/mol. The van der Waals surface area contributed by atoms with Gasteiger partial charge in [0.1, 0.15) is 0 Å². The molecular weight excluding hydrogens is 278 g/mol. The van der Waals surface area contributed by atoms with E-state index in [0.717, 1.165) is 11.8 Å². The molecule has 0 radical (unpaired) electrons. The van der Waals surface area contributed by atoms with E-state index < -0.39 is 0 Å². The molecule has 0 spiro atoms. The highest BCUT2D eigenvalue weighted by Crippen LogP contribution is 2.41. The molecule has 1 saturated carbocycles. The molecule has 2 atom stereocenters. The number of hydrogen-bond donors (Lipinski definition) is 0. The number of allylic oxidation sites excluding steroid dienone is 1. The fourth-order valence-corrected chi connectivity index (χ4v) is 4.57. The Morgan fingerprint density at radius 3 is 2.39 bits per heavy atom. The van der Waals surface area contributed by atoms with Crippen LogP contribution in [0.15, 0.2) is 29.8 Å². The maximum absolute atomic E-state index is 2.60. The second-order valence-electron chi connectivity index (χ2n) is 7.79. The number of likely N-dealkylation sites (tertiary alicyclic amines) is 1. The number of rotatable bonds is 3. The van der Waals surface area contributed by atoms with Crippen LogP contribution in [0.2, 0.25) is 0 Å².